The van der Waals surface area contributed by atoms with Crippen molar-refractivity contribution >= 4 is 22.9 Å². The SMILES string of the molecule is O=C(CCn1cnc2cccc(C(=O)O)c21)NC1CC1. The summed E-state index contributed by atoms with van der Waals surface area (Å²) in [6.45, 7) is 0.430. The molecule has 104 valence electrons. The molecular formula is C14H15N3O3. The first-order chi connectivity index (χ1) is 9.65. The van der Waals surface area contributed by atoms with E-state index in [1.165, 1.54) is 0 Å². The molecule has 0 unspecified atom stereocenters. The van der Waals surface area contributed by atoms with E-state index in [2.05, 4.69) is 10.3 Å². The number of aromatic nitrogens is 2. The highest BCUT2D eigenvalue weighted by molar-refractivity contribution is 6.01. The Bertz CT molecular complexity index is 673. The third-order valence-electron chi connectivity index (χ3n) is 3.39. The molecule has 0 spiro atoms. The molecule has 3 rings (SSSR count). The number of rotatable bonds is 5. The van der Waals surface area contributed by atoms with E-state index in [1.54, 1.807) is 29.1 Å². The molecule has 1 aliphatic carbocycles. The number of amides is 1. The van der Waals surface area contributed by atoms with Crippen LogP contribution in [0, 0.1) is 0 Å². The largest absolute Gasteiger partial charge is 0.478 e. The molecule has 2 N–H and O–H groups in total. The summed E-state index contributed by atoms with van der Waals surface area (Å²) in [5.41, 5.74) is 1.41. The van der Waals surface area contributed by atoms with Crippen molar-refractivity contribution in [3.63, 3.8) is 0 Å². The molecule has 1 aromatic heterocycles. The molecule has 1 heterocycles. The van der Waals surface area contributed by atoms with Gasteiger partial charge in [0.2, 0.25) is 5.91 Å². The molecule has 6 heteroatoms. The van der Waals surface area contributed by atoms with Gasteiger partial charge in [-0.25, -0.2) is 9.78 Å². The Morgan fingerprint density at radius 2 is 2.20 bits per heavy atom. The summed E-state index contributed by atoms with van der Waals surface area (Å²) in [7, 11) is 0. The molecule has 1 aliphatic rings. The van der Waals surface area contributed by atoms with Gasteiger partial charge in [0.15, 0.2) is 0 Å². The normalized spacial score (nSPS) is 14.4. The van der Waals surface area contributed by atoms with E-state index in [1.807, 2.05) is 0 Å². The molecule has 1 fully saturated rings. The van der Waals surface area contributed by atoms with E-state index in [0.717, 1.165) is 12.8 Å². The Labute approximate surface area is 115 Å². The smallest absolute Gasteiger partial charge is 0.337 e. The lowest BCUT2D eigenvalue weighted by molar-refractivity contribution is -0.121. The van der Waals surface area contributed by atoms with E-state index in [9.17, 15) is 14.7 Å². The van der Waals surface area contributed by atoms with Gasteiger partial charge in [-0.1, -0.05) is 6.07 Å². The number of aryl methyl sites for hydroxylation is 1. The molecule has 1 amide bonds. The van der Waals surface area contributed by atoms with E-state index in [4.69, 9.17) is 0 Å². The van der Waals surface area contributed by atoms with Gasteiger partial charge in [-0.15, -0.1) is 0 Å². The van der Waals surface area contributed by atoms with Crippen molar-refractivity contribution in [1.82, 2.24) is 14.9 Å². The van der Waals surface area contributed by atoms with Crippen LogP contribution in [0.15, 0.2) is 24.5 Å². The summed E-state index contributed by atoms with van der Waals surface area (Å²) in [4.78, 5) is 27.1. The number of nitrogens with one attached hydrogen (secondary N) is 1. The van der Waals surface area contributed by atoms with Crippen molar-refractivity contribution in [3.05, 3.63) is 30.1 Å². The molecule has 0 atom stereocenters. The maximum absolute atomic E-state index is 11.7. The van der Waals surface area contributed by atoms with Gasteiger partial charge in [-0.3, -0.25) is 4.79 Å². The molecule has 1 saturated carbocycles. The van der Waals surface area contributed by atoms with E-state index in [-0.39, 0.29) is 11.5 Å². The number of carboxylic acid groups (broad SMARTS) is 1. The van der Waals surface area contributed by atoms with E-state index >= 15 is 0 Å². The predicted octanol–water partition coefficient (Wildman–Crippen LogP) is 1.40. The van der Waals surface area contributed by atoms with E-state index in [0.29, 0.717) is 30.0 Å². The van der Waals surface area contributed by atoms with Crippen LogP contribution in [-0.2, 0) is 11.3 Å². The number of imidazole rings is 1. The average Bonchev–Trinajstić information content (AvgIpc) is 3.14. The Balaban J connectivity index is 1.80. The van der Waals surface area contributed by atoms with Crippen LogP contribution in [0.5, 0.6) is 0 Å². The average molecular weight is 273 g/mol. The van der Waals surface area contributed by atoms with Crippen molar-refractivity contribution in [1.29, 1.82) is 0 Å². The number of fused-ring (bicyclic) bond motifs is 1. The Kier molecular flexibility index (Phi) is 3.14. The maximum Gasteiger partial charge on any atom is 0.337 e. The minimum Gasteiger partial charge on any atom is -0.478 e. The zero-order chi connectivity index (χ0) is 14.1. The summed E-state index contributed by atoms with van der Waals surface area (Å²) < 4.78 is 1.73. The highest BCUT2D eigenvalue weighted by atomic mass is 16.4. The van der Waals surface area contributed by atoms with Gasteiger partial charge in [-0.2, -0.15) is 0 Å². The fraction of sp³-hybridized carbons (Fsp3) is 0.357. The number of nitrogens with zero attached hydrogens (tertiary/aromatic N) is 2. The zero-order valence-corrected chi connectivity index (χ0v) is 10.9. The summed E-state index contributed by atoms with van der Waals surface area (Å²) in [5, 5.41) is 12.1. The number of benzene rings is 1. The van der Waals surface area contributed by atoms with Crippen LogP contribution >= 0.6 is 0 Å². The van der Waals surface area contributed by atoms with Crippen molar-refractivity contribution < 1.29 is 14.7 Å². The molecule has 6 nitrogen and oxygen atoms in total. The van der Waals surface area contributed by atoms with Crippen LogP contribution in [-0.4, -0.2) is 32.6 Å². The number of carbonyl (C=O) groups excluding carboxylic acids is 1. The summed E-state index contributed by atoms with van der Waals surface area (Å²) in [6.07, 6.45) is 4.03. The van der Waals surface area contributed by atoms with Gasteiger partial charge in [0.1, 0.15) is 0 Å². The van der Waals surface area contributed by atoms with Gasteiger partial charge in [-0.05, 0) is 25.0 Å². The van der Waals surface area contributed by atoms with Gasteiger partial charge >= 0.3 is 5.97 Å². The van der Waals surface area contributed by atoms with Crippen LogP contribution in [0.4, 0.5) is 0 Å². The first kappa shape index (κ1) is 12.7. The second-order valence-electron chi connectivity index (χ2n) is 5.01. The zero-order valence-electron chi connectivity index (χ0n) is 10.9. The monoisotopic (exact) mass is 273 g/mol. The number of carboxylic acids is 1. The Morgan fingerprint density at radius 3 is 2.90 bits per heavy atom. The number of hydrogen-bond donors (Lipinski definition) is 2. The molecule has 1 aromatic carbocycles. The molecule has 0 bridgehead atoms. The second-order valence-corrected chi connectivity index (χ2v) is 5.01. The van der Waals surface area contributed by atoms with E-state index < -0.39 is 5.97 Å². The van der Waals surface area contributed by atoms with Crippen molar-refractivity contribution in [2.24, 2.45) is 0 Å². The number of aromatic carboxylic acids is 1. The Morgan fingerprint density at radius 1 is 1.40 bits per heavy atom. The van der Waals surface area contributed by atoms with Crippen LogP contribution in [0.1, 0.15) is 29.6 Å². The van der Waals surface area contributed by atoms with Crippen LogP contribution < -0.4 is 5.32 Å². The lowest BCUT2D eigenvalue weighted by atomic mass is 10.2. The minimum atomic E-state index is -0.986. The van der Waals surface area contributed by atoms with Crippen LogP contribution in [0.25, 0.3) is 11.0 Å². The highest BCUT2D eigenvalue weighted by Gasteiger charge is 2.23. The molecule has 20 heavy (non-hydrogen) atoms. The molecule has 0 saturated heterocycles. The van der Waals surface area contributed by atoms with Crippen molar-refractivity contribution in [2.45, 2.75) is 31.8 Å². The van der Waals surface area contributed by atoms with Crippen LogP contribution in [0.2, 0.25) is 0 Å². The van der Waals surface area contributed by atoms with Gasteiger partial charge in [0, 0.05) is 19.0 Å². The van der Waals surface area contributed by atoms with Crippen LogP contribution in [0.3, 0.4) is 0 Å². The predicted molar refractivity (Wildman–Crippen MR) is 72.5 cm³/mol. The van der Waals surface area contributed by atoms with Crippen molar-refractivity contribution in [2.75, 3.05) is 0 Å². The molecule has 0 aliphatic heterocycles. The quantitative estimate of drug-likeness (QED) is 0.862. The number of carbonyl (C=O) groups is 2. The van der Waals surface area contributed by atoms with Gasteiger partial charge in [0.25, 0.3) is 0 Å². The highest BCUT2D eigenvalue weighted by Crippen LogP contribution is 2.20. The maximum atomic E-state index is 11.7. The third-order valence-corrected chi connectivity index (χ3v) is 3.39. The first-order valence-electron chi connectivity index (χ1n) is 6.61. The number of para-hydroxylation sites is 1. The fourth-order valence-corrected chi connectivity index (χ4v) is 2.22. The second kappa shape index (κ2) is 4.96. The lowest BCUT2D eigenvalue weighted by Crippen LogP contribution is -2.26. The standard InChI is InChI=1S/C14H15N3O3/c18-12(16-9-4-5-9)6-7-17-8-15-11-3-1-2-10(13(11)17)14(19)20/h1-3,8-9H,4-7H2,(H,16,18)(H,19,20). The summed E-state index contributed by atoms with van der Waals surface area (Å²) in [5.74, 6) is -0.984. The summed E-state index contributed by atoms with van der Waals surface area (Å²) in [6, 6.07) is 5.33. The molecular weight excluding hydrogens is 258 g/mol. The lowest BCUT2D eigenvalue weighted by Gasteiger charge is -2.07. The van der Waals surface area contributed by atoms with Gasteiger partial charge < -0.3 is 15.0 Å². The first-order valence-corrected chi connectivity index (χ1v) is 6.61. The summed E-state index contributed by atoms with van der Waals surface area (Å²) >= 11 is 0. The Hall–Kier alpha value is -2.37. The topological polar surface area (TPSA) is 84.2 Å². The molecule has 0 radical (unpaired) electrons. The minimum absolute atomic E-state index is 0.00200. The molecule has 2 aromatic rings. The number of hydrogen-bond acceptors (Lipinski definition) is 3. The van der Waals surface area contributed by atoms with Crippen molar-refractivity contribution in [3.8, 4) is 0 Å². The van der Waals surface area contributed by atoms with Gasteiger partial charge in [0.05, 0.1) is 22.9 Å². The fourth-order valence-electron chi connectivity index (χ4n) is 2.22. The third kappa shape index (κ3) is 2.49.